The maximum Gasteiger partial charge on any atom is 0.318 e. The number of halogens is 2. The molecule has 3 aromatic rings. The van der Waals surface area contributed by atoms with E-state index in [0.717, 1.165) is 47.0 Å². The molecule has 0 N–H and O–H groups in total. The van der Waals surface area contributed by atoms with Crippen LogP contribution < -0.4 is 9.64 Å². The normalized spacial score (nSPS) is 22.3. The summed E-state index contributed by atoms with van der Waals surface area (Å²) in [5.41, 5.74) is 2.67. The fourth-order valence-corrected chi connectivity index (χ4v) is 6.75. The lowest BCUT2D eigenvalue weighted by molar-refractivity contribution is -0.131. The Morgan fingerprint density at radius 2 is 2.02 bits per heavy atom. The fraction of sp³-hybridized carbons (Fsp3) is 0.438. The van der Waals surface area contributed by atoms with Gasteiger partial charge in [0, 0.05) is 48.1 Å². The van der Waals surface area contributed by atoms with Crippen LogP contribution >= 0.6 is 11.6 Å². The molecule has 1 unspecified atom stereocenters. The van der Waals surface area contributed by atoms with Gasteiger partial charge >= 0.3 is 6.01 Å². The summed E-state index contributed by atoms with van der Waals surface area (Å²) in [6.07, 6.45) is 2.46. The van der Waals surface area contributed by atoms with Gasteiger partial charge in [-0.25, -0.2) is 4.39 Å². The number of likely N-dealkylation sites (tertiary alicyclic amines) is 1. The van der Waals surface area contributed by atoms with Crippen LogP contribution in [0.4, 0.5) is 10.2 Å². The molecule has 43 heavy (non-hydrogen) atoms. The number of hydrogen-bond donors (Lipinski definition) is 0. The molecule has 224 valence electrons. The van der Waals surface area contributed by atoms with Gasteiger partial charge in [0.25, 0.3) is 5.91 Å². The van der Waals surface area contributed by atoms with Crippen molar-refractivity contribution in [2.75, 3.05) is 44.7 Å². The Kier molecular flexibility index (Phi) is 8.48. The smallest absolute Gasteiger partial charge is 0.318 e. The van der Waals surface area contributed by atoms with Crippen LogP contribution in [0, 0.1) is 11.3 Å². The first-order valence-corrected chi connectivity index (χ1v) is 15.0. The highest BCUT2D eigenvalue weighted by Gasteiger charge is 2.36. The van der Waals surface area contributed by atoms with Gasteiger partial charge in [-0.15, -0.1) is 0 Å². The topological polar surface area (TPSA) is 94.8 Å². The number of nitriles is 1. The molecule has 11 heteroatoms. The molecule has 0 bridgehead atoms. The minimum absolute atomic E-state index is 0.0561. The number of carbonyl (C=O) groups is 1. The Morgan fingerprint density at radius 3 is 2.77 bits per heavy atom. The first-order valence-electron chi connectivity index (χ1n) is 14.6. The number of piperazine rings is 1. The van der Waals surface area contributed by atoms with Crippen LogP contribution in [-0.2, 0) is 22.6 Å². The van der Waals surface area contributed by atoms with Crippen LogP contribution in [0.3, 0.4) is 0 Å². The first kappa shape index (κ1) is 29.3. The Hall–Kier alpha value is -3.78. The molecule has 3 aliphatic heterocycles. The van der Waals surface area contributed by atoms with Gasteiger partial charge in [0.15, 0.2) is 5.83 Å². The molecule has 0 saturated carbocycles. The van der Waals surface area contributed by atoms with Crippen molar-refractivity contribution in [3.63, 3.8) is 0 Å². The van der Waals surface area contributed by atoms with Gasteiger partial charge in [-0.2, -0.15) is 15.2 Å². The largest absolute Gasteiger partial charge is 0.462 e. The van der Waals surface area contributed by atoms with E-state index in [9.17, 15) is 14.4 Å². The predicted molar refractivity (Wildman–Crippen MR) is 162 cm³/mol. The highest BCUT2D eigenvalue weighted by atomic mass is 35.5. The number of aromatic nitrogens is 2. The van der Waals surface area contributed by atoms with Crippen molar-refractivity contribution in [1.29, 1.82) is 5.26 Å². The third-order valence-electron chi connectivity index (χ3n) is 8.77. The van der Waals surface area contributed by atoms with Crippen molar-refractivity contribution >= 4 is 34.1 Å². The minimum Gasteiger partial charge on any atom is -0.462 e. The summed E-state index contributed by atoms with van der Waals surface area (Å²) in [4.78, 5) is 27.9. The van der Waals surface area contributed by atoms with Crippen molar-refractivity contribution in [3.05, 3.63) is 70.6 Å². The van der Waals surface area contributed by atoms with Crippen LogP contribution in [0.1, 0.15) is 42.2 Å². The Balaban J connectivity index is 1.34. The van der Waals surface area contributed by atoms with Crippen molar-refractivity contribution in [1.82, 2.24) is 19.8 Å². The van der Waals surface area contributed by atoms with E-state index < -0.39 is 17.8 Å². The molecule has 9 nitrogen and oxygen atoms in total. The van der Waals surface area contributed by atoms with Crippen molar-refractivity contribution in [2.45, 2.75) is 50.5 Å². The summed E-state index contributed by atoms with van der Waals surface area (Å²) in [6, 6.07) is 14.1. The molecule has 2 aromatic carbocycles. The summed E-state index contributed by atoms with van der Waals surface area (Å²) in [5, 5.41) is 12.1. The first-order chi connectivity index (χ1) is 20.8. The Bertz CT molecular complexity index is 1590. The lowest BCUT2D eigenvalue weighted by Gasteiger charge is -2.42. The zero-order valence-electron chi connectivity index (χ0n) is 24.1. The second-order valence-corrected chi connectivity index (χ2v) is 11.8. The quantitative estimate of drug-likeness (QED) is 0.349. The molecule has 1 amide bonds. The molecule has 3 aliphatic rings. The molecule has 0 spiro atoms. The Morgan fingerprint density at radius 1 is 1.21 bits per heavy atom. The van der Waals surface area contributed by atoms with Gasteiger partial charge in [-0.3, -0.25) is 4.79 Å². The molecule has 6 rings (SSSR count). The van der Waals surface area contributed by atoms with Gasteiger partial charge in [0.2, 0.25) is 0 Å². The van der Waals surface area contributed by atoms with Crippen LogP contribution in [0.25, 0.3) is 10.8 Å². The van der Waals surface area contributed by atoms with Gasteiger partial charge in [0.1, 0.15) is 12.4 Å². The zero-order chi connectivity index (χ0) is 30.1. The number of anilines is 1. The van der Waals surface area contributed by atoms with E-state index in [0.29, 0.717) is 43.0 Å². The number of nitrogens with zero attached hydrogens (tertiary/aromatic N) is 6. The van der Waals surface area contributed by atoms with Crippen molar-refractivity contribution in [3.8, 4) is 12.1 Å². The van der Waals surface area contributed by atoms with Crippen LogP contribution in [0.15, 0.2) is 48.8 Å². The summed E-state index contributed by atoms with van der Waals surface area (Å²) >= 11 is 6.65. The number of hydrogen-bond acceptors (Lipinski definition) is 8. The number of likely N-dealkylation sites (N-methyl/N-ethyl adjacent to an activating group) is 1. The standard InChI is InChI=1S/C32H34ClFN6O3/c1-20(34)31(41)40-15-14-39(17-22(40)11-12-35)30-25-19-42-28(24-9-3-6-21-7-4-10-26(33)29(21)24)16-27(25)36-32(37-30)43-18-23-8-5-13-38(23)2/h3-4,6-7,9-10,22-23,28H,1,5,8,11,13-19H2,2H3/t22-,23-,28?/m1/s1. The number of rotatable bonds is 7. The van der Waals surface area contributed by atoms with Gasteiger partial charge in [-0.05, 0) is 43.5 Å². The highest BCUT2D eigenvalue weighted by Crippen LogP contribution is 2.39. The third kappa shape index (κ3) is 5.90. The average Bonchev–Trinajstić information content (AvgIpc) is 3.43. The molecule has 2 fully saturated rings. The van der Waals surface area contributed by atoms with Gasteiger partial charge < -0.3 is 24.2 Å². The SMILES string of the molecule is C=C(F)C(=O)N1CCN(c2nc(OC[C@H]3CCCN3C)nc3c2COC(c2cccc4cccc(Cl)c24)C3)C[C@H]1CC#N. The number of benzene rings is 2. The van der Waals surface area contributed by atoms with Gasteiger partial charge in [-0.1, -0.05) is 48.5 Å². The zero-order valence-corrected chi connectivity index (χ0v) is 24.9. The third-order valence-corrected chi connectivity index (χ3v) is 9.08. The van der Waals surface area contributed by atoms with E-state index in [4.69, 9.17) is 31.0 Å². The molecule has 0 aliphatic carbocycles. The van der Waals surface area contributed by atoms with E-state index in [-0.39, 0.29) is 31.7 Å². The molecule has 4 heterocycles. The van der Waals surface area contributed by atoms with Crippen LogP contribution in [0.5, 0.6) is 6.01 Å². The van der Waals surface area contributed by atoms with E-state index >= 15 is 0 Å². The molecule has 2 saturated heterocycles. The van der Waals surface area contributed by atoms with Gasteiger partial charge in [0.05, 0.1) is 36.9 Å². The minimum atomic E-state index is -1.03. The monoisotopic (exact) mass is 604 g/mol. The lowest BCUT2D eigenvalue weighted by Crippen LogP contribution is -2.55. The molecular formula is C32H34ClFN6O3. The fourth-order valence-electron chi connectivity index (χ4n) is 6.46. The van der Waals surface area contributed by atoms with Crippen molar-refractivity contribution in [2.24, 2.45) is 0 Å². The second-order valence-electron chi connectivity index (χ2n) is 11.4. The summed E-state index contributed by atoms with van der Waals surface area (Å²) < 4.78 is 26.5. The van der Waals surface area contributed by atoms with Crippen LogP contribution in [0.2, 0.25) is 5.02 Å². The second kappa shape index (κ2) is 12.4. The maximum absolute atomic E-state index is 13.8. The van der Waals surface area contributed by atoms with Crippen molar-refractivity contribution < 1.29 is 18.7 Å². The molecule has 1 aromatic heterocycles. The summed E-state index contributed by atoms with van der Waals surface area (Å²) in [5.74, 6) is -1.16. The summed E-state index contributed by atoms with van der Waals surface area (Å²) in [6.45, 7) is 5.89. The number of ether oxygens (including phenoxy) is 2. The lowest BCUT2D eigenvalue weighted by atomic mass is 9.94. The number of amides is 1. The Labute approximate surface area is 255 Å². The van der Waals surface area contributed by atoms with E-state index in [2.05, 4.69) is 24.6 Å². The number of carbonyl (C=O) groups excluding carboxylic acids is 1. The number of fused-ring (bicyclic) bond motifs is 2. The maximum atomic E-state index is 13.8. The summed E-state index contributed by atoms with van der Waals surface area (Å²) in [7, 11) is 2.10. The molecular weight excluding hydrogens is 571 g/mol. The van der Waals surface area contributed by atoms with E-state index in [1.807, 2.05) is 41.3 Å². The predicted octanol–water partition coefficient (Wildman–Crippen LogP) is 4.98. The van der Waals surface area contributed by atoms with E-state index in [1.165, 1.54) is 4.90 Å². The highest BCUT2D eigenvalue weighted by molar-refractivity contribution is 6.35. The van der Waals surface area contributed by atoms with Crippen LogP contribution in [-0.4, -0.2) is 77.6 Å². The molecule has 3 atom stereocenters. The van der Waals surface area contributed by atoms with E-state index in [1.54, 1.807) is 0 Å². The molecule has 0 radical (unpaired) electrons. The average molecular weight is 605 g/mol.